The van der Waals surface area contributed by atoms with Gasteiger partial charge in [0.25, 0.3) is 0 Å². The molecule has 28 heavy (non-hydrogen) atoms. The number of amides is 1. The van der Waals surface area contributed by atoms with Crippen molar-refractivity contribution in [3.05, 3.63) is 35.4 Å². The molecule has 1 heterocycles. The molecule has 6 heteroatoms. The number of carbonyl (C=O) groups is 1. The average Bonchev–Trinajstić information content (AvgIpc) is 3.46. The molecule has 2 fully saturated rings. The van der Waals surface area contributed by atoms with Crippen LogP contribution in [0.15, 0.2) is 24.3 Å². The van der Waals surface area contributed by atoms with Crippen molar-refractivity contribution in [3.8, 4) is 0 Å². The van der Waals surface area contributed by atoms with Gasteiger partial charge in [-0.05, 0) is 66.9 Å². The first-order valence-corrected chi connectivity index (χ1v) is 12.4. The number of rotatable bonds is 7. The van der Waals surface area contributed by atoms with Crippen molar-refractivity contribution in [2.45, 2.75) is 63.2 Å². The molecule has 0 radical (unpaired) electrons. The van der Waals surface area contributed by atoms with Gasteiger partial charge < -0.3 is 5.32 Å². The Balaban J connectivity index is 1.46. The highest BCUT2D eigenvalue weighted by atomic mass is 32.2. The molecule has 0 aromatic heterocycles. The van der Waals surface area contributed by atoms with Crippen molar-refractivity contribution in [1.29, 1.82) is 0 Å². The number of nitrogens with zero attached hydrogens (tertiary/aromatic N) is 1. The summed E-state index contributed by atoms with van der Waals surface area (Å²) in [7, 11) is -3.13. The quantitative estimate of drug-likeness (QED) is 0.759. The SMILES string of the molecule is CCCS(=O)(=O)N1CCC2(CC1)CC(CC(=O)NCC1CC1)c1ccccc12. The fourth-order valence-electron chi connectivity index (χ4n) is 5.14. The molecule has 3 aliphatic rings. The highest BCUT2D eigenvalue weighted by Gasteiger charge is 2.46. The number of benzene rings is 1. The monoisotopic (exact) mass is 404 g/mol. The van der Waals surface area contributed by atoms with E-state index in [0.29, 0.717) is 31.8 Å². The van der Waals surface area contributed by atoms with E-state index in [2.05, 4.69) is 29.6 Å². The number of carbonyl (C=O) groups excluding carboxylic acids is 1. The van der Waals surface area contributed by atoms with Crippen molar-refractivity contribution in [2.75, 3.05) is 25.4 Å². The van der Waals surface area contributed by atoms with Gasteiger partial charge in [0.15, 0.2) is 0 Å². The maximum atomic E-state index is 12.5. The van der Waals surface area contributed by atoms with Crippen LogP contribution in [0, 0.1) is 5.92 Å². The third-order valence-electron chi connectivity index (χ3n) is 6.86. The van der Waals surface area contributed by atoms with E-state index >= 15 is 0 Å². The van der Waals surface area contributed by atoms with Crippen LogP contribution in [-0.4, -0.2) is 44.0 Å². The first-order chi connectivity index (χ1) is 13.4. The lowest BCUT2D eigenvalue weighted by atomic mass is 9.73. The summed E-state index contributed by atoms with van der Waals surface area (Å²) in [4.78, 5) is 12.5. The number of nitrogens with one attached hydrogen (secondary N) is 1. The number of hydrogen-bond acceptors (Lipinski definition) is 3. The molecule has 1 aromatic carbocycles. The molecule has 2 aliphatic carbocycles. The maximum Gasteiger partial charge on any atom is 0.220 e. The van der Waals surface area contributed by atoms with Gasteiger partial charge in [-0.25, -0.2) is 12.7 Å². The Morgan fingerprint density at radius 1 is 1.21 bits per heavy atom. The third-order valence-corrected chi connectivity index (χ3v) is 8.94. The second kappa shape index (κ2) is 7.79. The largest absolute Gasteiger partial charge is 0.356 e. The third kappa shape index (κ3) is 3.99. The minimum Gasteiger partial charge on any atom is -0.356 e. The molecule has 1 amide bonds. The summed E-state index contributed by atoms with van der Waals surface area (Å²) in [5, 5.41) is 3.11. The van der Waals surface area contributed by atoms with E-state index in [0.717, 1.165) is 25.8 Å². The Morgan fingerprint density at radius 2 is 1.93 bits per heavy atom. The normalized spacial score (nSPS) is 24.2. The molecule has 1 saturated heterocycles. The molecule has 1 aliphatic heterocycles. The van der Waals surface area contributed by atoms with Gasteiger partial charge in [0, 0.05) is 26.1 Å². The summed E-state index contributed by atoms with van der Waals surface area (Å²) in [6.45, 7) is 3.92. The lowest BCUT2D eigenvalue weighted by Gasteiger charge is -2.39. The molecule has 1 saturated carbocycles. The second-order valence-corrected chi connectivity index (χ2v) is 11.0. The maximum absolute atomic E-state index is 12.5. The summed E-state index contributed by atoms with van der Waals surface area (Å²) in [5.74, 6) is 1.34. The number of piperidine rings is 1. The summed E-state index contributed by atoms with van der Waals surface area (Å²) in [6, 6.07) is 8.51. The van der Waals surface area contributed by atoms with Crippen LogP contribution < -0.4 is 5.32 Å². The van der Waals surface area contributed by atoms with Crippen LogP contribution in [0.2, 0.25) is 0 Å². The number of sulfonamides is 1. The Kier molecular flexibility index (Phi) is 5.53. The smallest absolute Gasteiger partial charge is 0.220 e. The average molecular weight is 405 g/mol. The Labute approximate surface area is 168 Å². The van der Waals surface area contributed by atoms with Crippen LogP contribution in [0.1, 0.15) is 68.9 Å². The summed E-state index contributed by atoms with van der Waals surface area (Å²) in [5.41, 5.74) is 2.67. The van der Waals surface area contributed by atoms with Gasteiger partial charge in [-0.2, -0.15) is 0 Å². The van der Waals surface area contributed by atoms with Crippen LogP contribution in [0.25, 0.3) is 0 Å². The van der Waals surface area contributed by atoms with Crippen molar-refractivity contribution in [2.24, 2.45) is 5.92 Å². The second-order valence-electron chi connectivity index (χ2n) is 8.94. The van der Waals surface area contributed by atoms with E-state index in [9.17, 15) is 13.2 Å². The fraction of sp³-hybridized carbons (Fsp3) is 0.682. The lowest BCUT2D eigenvalue weighted by molar-refractivity contribution is -0.121. The Morgan fingerprint density at radius 3 is 2.61 bits per heavy atom. The molecule has 1 unspecified atom stereocenters. The minimum atomic E-state index is -3.13. The van der Waals surface area contributed by atoms with Crippen molar-refractivity contribution < 1.29 is 13.2 Å². The van der Waals surface area contributed by atoms with E-state index in [1.54, 1.807) is 4.31 Å². The molecular formula is C22H32N2O3S. The van der Waals surface area contributed by atoms with E-state index < -0.39 is 10.0 Å². The predicted octanol–water partition coefficient (Wildman–Crippen LogP) is 3.16. The van der Waals surface area contributed by atoms with Crippen LogP contribution in [0.3, 0.4) is 0 Å². The summed E-state index contributed by atoms with van der Waals surface area (Å²) < 4.78 is 26.6. The lowest BCUT2D eigenvalue weighted by Crippen LogP contribution is -2.45. The molecule has 1 N–H and O–H groups in total. The van der Waals surface area contributed by atoms with E-state index in [-0.39, 0.29) is 23.0 Å². The van der Waals surface area contributed by atoms with E-state index in [4.69, 9.17) is 0 Å². The highest BCUT2D eigenvalue weighted by Crippen LogP contribution is 2.52. The Bertz CT molecular complexity index is 824. The zero-order valence-corrected chi connectivity index (χ0v) is 17.6. The van der Waals surface area contributed by atoms with Gasteiger partial charge in [-0.3, -0.25) is 4.79 Å². The number of fused-ring (bicyclic) bond motifs is 2. The molecule has 154 valence electrons. The zero-order chi connectivity index (χ0) is 19.8. The molecule has 1 atom stereocenters. The topological polar surface area (TPSA) is 66.5 Å². The van der Waals surface area contributed by atoms with Gasteiger partial charge in [-0.1, -0.05) is 31.2 Å². The van der Waals surface area contributed by atoms with Gasteiger partial charge in [0.1, 0.15) is 0 Å². The minimum absolute atomic E-state index is 0.0241. The van der Waals surface area contributed by atoms with E-state index in [1.807, 2.05) is 6.92 Å². The highest BCUT2D eigenvalue weighted by molar-refractivity contribution is 7.89. The van der Waals surface area contributed by atoms with Crippen molar-refractivity contribution >= 4 is 15.9 Å². The van der Waals surface area contributed by atoms with Crippen LogP contribution in [0.5, 0.6) is 0 Å². The fourth-order valence-corrected chi connectivity index (χ4v) is 6.65. The van der Waals surface area contributed by atoms with E-state index in [1.165, 1.54) is 24.0 Å². The van der Waals surface area contributed by atoms with Gasteiger partial charge >= 0.3 is 0 Å². The zero-order valence-electron chi connectivity index (χ0n) is 16.8. The van der Waals surface area contributed by atoms with Gasteiger partial charge in [0.05, 0.1) is 5.75 Å². The standard InChI is InChI=1S/C22H32N2O3S/c1-2-13-28(26,27)24-11-9-22(10-12-24)15-18(19-5-3-4-6-20(19)22)14-21(25)23-16-17-7-8-17/h3-6,17-18H,2,7-16H2,1H3,(H,23,25). The first-order valence-electron chi connectivity index (χ1n) is 10.8. The summed E-state index contributed by atoms with van der Waals surface area (Å²) >= 11 is 0. The molecule has 1 aromatic rings. The van der Waals surface area contributed by atoms with Gasteiger partial charge in [-0.15, -0.1) is 0 Å². The predicted molar refractivity (Wildman–Crippen MR) is 111 cm³/mol. The molecular weight excluding hydrogens is 372 g/mol. The van der Waals surface area contributed by atoms with Crippen LogP contribution in [-0.2, 0) is 20.2 Å². The molecule has 0 bridgehead atoms. The van der Waals surface area contributed by atoms with Crippen molar-refractivity contribution in [3.63, 3.8) is 0 Å². The molecule has 1 spiro atoms. The molecule has 4 rings (SSSR count). The van der Waals surface area contributed by atoms with Crippen molar-refractivity contribution in [1.82, 2.24) is 9.62 Å². The van der Waals surface area contributed by atoms with Crippen LogP contribution >= 0.6 is 0 Å². The van der Waals surface area contributed by atoms with Gasteiger partial charge in [0.2, 0.25) is 15.9 Å². The first kappa shape index (κ1) is 19.9. The Hall–Kier alpha value is -1.40. The molecule has 5 nitrogen and oxygen atoms in total. The number of hydrogen-bond donors (Lipinski definition) is 1. The summed E-state index contributed by atoms with van der Waals surface area (Å²) in [6.07, 6.45) is 6.36. The van der Waals surface area contributed by atoms with Crippen LogP contribution in [0.4, 0.5) is 0 Å².